The van der Waals surface area contributed by atoms with Crippen LogP contribution < -0.4 is 5.73 Å². The van der Waals surface area contributed by atoms with Crippen LogP contribution in [0, 0.1) is 11.8 Å². The fourth-order valence-electron chi connectivity index (χ4n) is 2.65. The van der Waals surface area contributed by atoms with E-state index < -0.39 is 5.92 Å². The molecule has 2 atom stereocenters. The van der Waals surface area contributed by atoms with Crippen LogP contribution in [-0.4, -0.2) is 34.9 Å². The highest BCUT2D eigenvalue weighted by atomic mass is 16.4. The normalized spacial score (nSPS) is 22.2. The zero-order chi connectivity index (χ0) is 13.5. The Hall–Kier alpha value is -1.26. The maximum Gasteiger partial charge on any atom is 0.233 e. The van der Waals surface area contributed by atoms with Crippen molar-refractivity contribution in [1.29, 1.82) is 0 Å². The number of nitrogens with zero attached hydrogens (tertiary/aromatic N) is 2. The van der Waals surface area contributed by atoms with Crippen LogP contribution in [0.4, 0.5) is 0 Å². The van der Waals surface area contributed by atoms with Crippen LogP contribution >= 0.6 is 0 Å². The lowest BCUT2D eigenvalue weighted by Crippen LogP contribution is -2.41. The quantitative estimate of drug-likeness (QED) is 0.329. The molecule has 0 aromatic heterocycles. The van der Waals surface area contributed by atoms with Gasteiger partial charge in [-0.25, -0.2) is 0 Å². The third kappa shape index (κ3) is 3.62. The Kier molecular flexibility index (Phi) is 5.95. The van der Waals surface area contributed by atoms with E-state index in [9.17, 15) is 4.79 Å². The Morgan fingerprint density at radius 1 is 1.50 bits per heavy atom. The van der Waals surface area contributed by atoms with E-state index in [4.69, 9.17) is 10.9 Å². The number of amidine groups is 1. The first kappa shape index (κ1) is 14.8. The molecule has 5 nitrogen and oxygen atoms in total. The Morgan fingerprint density at radius 2 is 2.22 bits per heavy atom. The highest BCUT2D eigenvalue weighted by Crippen LogP contribution is 2.23. The highest BCUT2D eigenvalue weighted by Gasteiger charge is 2.32. The number of carbonyl (C=O) groups excluding carboxylic acids is 1. The molecule has 1 aliphatic heterocycles. The van der Waals surface area contributed by atoms with Crippen molar-refractivity contribution in [1.82, 2.24) is 4.90 Å². The Bertz CT molecular complexity index is 305. The van der Waals surface area contributed by atoms with Gasteiger partial charge in [0.25, 0.3) is 0 Å². The zero-order valence-corrected chi connectivity index (χ0v) is 11.4. The summed E-state index contributed by atoms with van der Waals surface area (Å²) in [6.07, 6.45) is 4.90. The van der Waals surface area contributed by atoms with Gasteiger partial charge in [-0.05, 0) is 25.2 Å². The van der Waals surface area contributed by atoms with Crippen molar-refractivity contribution in [3.63, 3.8) is 0 Å². The van der Waals surface area contributed by atoms with Crippen LogP contribution in [0.2, 0.25) is 0 Å². The Labute approximate surface area is 109 Å². The first-order chi connectivity index (χ1) is 8.63. The molecule has 0 aliphatic carbocycles. The summed E-state index contributed by atoms with van der Waals surface area (Å²) in [5, 5.41) is 11.8. The molecule has 1 aliphatic rings. The average molecular weight is 255 g/mol. The molecule has 0 aromatic carbocycles. The van der Waals surface area contributed by atoms with Gasteiger partial charge in [0.2, 0.25) is 5.91 Å². The predicted molar refractivity (Wildman–Crippen MR) is 71.4 cm³/mol. The summed E-state index contributed by atoms with van der Waals surface area (Å²) in [4.78, 5) is 14.2. The molecule has 104 valence electrons. The monoisotopic (exact) mass is 255 g/mol. The van der Waals surface area contributed by atoms with Crippen LogP contribution in [0.5, 0.6) is 0 Å². The van der Waals surface area contributed by atoms with Gasteiger partial charge in [-0.3, -0.25) is 4.79 Å². The van der Waals surface area contributed by atoms with E-state index >= 15 is 0 Å². The Morgan fingerprint density at radius 3 is 2.78 bits per heavy atom. The van der Waals surface area contributed by atoms with Crippen molar-refractivity contribution in [2.45, 2.75) is 46.0 Å². The molecule has 0 spiro atoms. The Balaban J connectivity index is 2.61. The van der Waals surface area contributed by atoms with Crippen LogP contribution in [0.15, 0.2) is 5.16 Å². The van der Waals surface area contributed by atoms with Gasteiger partial charge in [-0.2, -0.15) is 0 Å². The van der Waals surface area contributed by atoms with Gasteiger partial charge < -0.3 is 15.8 Å². The van der Waals surface area contributed by atoms with E-state index in [0.717, 1.165) is 32.4 Å². The number of oxime groups is 1. The van der Waals surface area contributed by atoms with E-state index in [0.29, 0.717) is 12.3 Å². The minimum atomic E-state index is -0.458. The number of rotatable bonds is 6. The van der Waals surface area contributed by atoms with Gasteiger partial charge in [-0.1, -0.05) is 31.8 Å². The summed E-state index contributed by atoms with van der Waals surface area (Å²) < 4.78 is 0. The molecule has 1 heterocycles. The van der Waals surface area contributed by atoms with Crippen LogP contribution in [0.1, 0.15) is 46.0 Å². The SMILES string of the molecule is CCCC1CCN(C(=O)C(CCC)C(N)=NO)C1. The predicted octanol–water partition coefficient (Wildman–Crippen LogP) is 1.80. The molecular formula is C13H25N3O2. The molecule has 1 saturated heterocycles. The van der Waals surface area contributed by atoms with Crippen LogP contribution in [0.3, 0.4) is 0 Å². The van der Waals surface area contributed by atoms with E-state index in [2.05, 4.69) is 12.1 Å². The number of hydrogen-bond donors (Lipinski definition) is 2. The second kappa shape index (κ2) is 7.24. The summed E-state index contributed by atoms with van der Waals surface area (Å²) in [5.74, 6) is 0.223. The smallest absolute Gasteiger partial charge is 0.233 e. The molecule has 0 bridgehead atoms. The fraction of sp³-hybridized carbons (Fsp3) is 0.846. The summed E-state index contributed by atoms with van der Waals surface area (Å²) >= 11 is 0. The third-order valence-electron chi connectivity index (χ3n) is 3.64. The molecule has 18 heavy (non-hydrogen) atoms. The highest BCUT2D eigenvalue weighted by molar-refractivity contribution is 6.02. The van der Waals surface area contributed by atoms with Crippen molar-refractivity contribution in [3.8, 4) is 0 Å². The van der Waals surface area contributed by atoms with Gasteiger partial charge in [-0.15, -0.1) is 0 Å². The summed E-state index contributed by atoms with van der Waals surface area (Å²) in [6.45, 7) is 5.80. The first-order valence-corrected chi connectivity index (χ1v) is 6.90. The van der Waals surface area contributed by atoms with E-state index in [1.165, 1.54) is 6.42 Å². The van der Waals surface area contributed by atoms with Crippen molar-refractivity contribution in [2.75, 3.05) is 13.1 Å². The molecule has 2 unspecified atom stereocenters. The molecule has 0 aromatic rings. The lowest BCUT2D eigenvalue weighted by molar-refractivity contribution is -0.132. The molecular weight excluding hydrogens is 230 g/mol. The summed E-state index contributed by atoms with van der Waals surface area (Å²) in [6, 6.07) is 0. The van der Waals surface area contributed by atoms with Crippen molar-refractivity contribution in [3.05, 3.63) is 0 Å². The first-order valence-electron chi connectivity index (χ1n) is 6.90. The van der Waals surface area contributed by atoms with Gasteiger partial charge in [0.1, 0.15) is 0 Å². The number of amides is 1. The van der Waals surface area contributed by atoms with E-state index in [1.54, 1.807) is 0 Å². The summed E-state index contributed by atoms with van der Waals surface area (Å²) in [7, 11) is 0. The standard InChI is InChI=1S/C13H25N3O2/c1-3-5-10-7-8-16(9-10)13(17)11(6-4-2)12(14)15-18/h10-11,18H,3-9H2,1-2H3,(H2,14,15). The lowest BCUT2D eigenvalue weighted by atomic mass is 10.0. The fourth-order valence-corrected chi connectivity index (χ4v) is 2.65. The van der Waals surface area contributed by atoms with E-state index in [1.807, 2.05) is 11.8 Å². The van der Waals surface area contributed by atoms with Gasteiger partial charge in [0.05, 0.1) is 5.92 Å². The third-order valence-corrected chi connectivity index (χ3v) is 3.64. The maximum absolute atomic E-state index is 12.3. The maximum atomic E-state index is 12.3. The zero-order valence-electron chi connectivity index (χ0n) is 11.4. The summed E-state index contributed by atoms with van der Waals surface area (Å²) in [5.41, 5.74) is 5.62. The number of carbonyl (C=O) groups is 1. The van der Waals surface area contributed by atoms with Gasteiger partial charge >= 0.3 is 0 Å². The molecule has 1 amide bonds. The minimum Gasteiger partial charge on any atom is -0.409 e. The van der Waals surface area contributed by atoms with Crippen molar-refractivity contribution < 1.29 is 10.0 Å². The molecule has 5 heteroatoms. The molecule has 0 saturated carbocycles. The van der Waals surface area contributed by atoms with E-state index in [-0.39, 0.29) is 11.7 Å². The van der Waals surface area contributed by atoms with Gasteiger partial charge in [0.15, 0.2) is 5.84 Å². The topological polar surface area (TPSA) is 78.9 Å². The molecule has 1 rings (SSSR count). The van der Waals surface area contributed by atoms with Gasteiger partial charge in [0, 0.05) is 13.1 Å². The second-order valence-corrected chi connectivity index (χ2v) is 5.09. The lowest BCUT2D eigenvalue weighted by Gasteiger charge is -2.22. The van der Waals surface area contributed by atoms with Crippen molar-refractivity contribution >= 4 is 11.7 Å². The molecule has 3 N–H and O–H groups in total. The second-order valence-electron chi connectivity index (χ2n) is 5.09. The number of nitrogens with two attached hydrogens (primary N) is 1. The van der Waals surface area contributed by atoms with Crippen molar-refractivity contribution in [2.24, 2.45) is 22.7 Å². The minimum absolute atomic E-state index is 0.0192. The van der Waals surface area contributed by atoms with Crippen LogP contribution in [-0.2, 0) is 4.79 Å². The molecule has 0 radical (unpaired) electrons. The number of likely N-dealkylation sites (tertiary alicyclic amines) is 1. The molecule has 1 fully saturated rings. The van der Waals surface area contributed by atoms with Crippen LogP contribution in [0.25, 0.3) is 0 Å². The average Bonchev–Trinajstić information content (AvgIpc) is 2.83. The largest absolute Gasteiger partial charge is 0.409 e. The number of hydrogen-bond acceptors (Lipinski definition) is 3.